The molecule has 0 spiro atoms. The van der Waals surface area contributed by atoms with Gasteiger partial charge >= 0.3 is 51.6 Å². The molecule has 0 saturated heterocycles. The van der Waals surface area contributed by atoms with Gasteiger partial charge in [-0.15, -0.1) is 0 Å². The summed E-state index contributed by atoms with van der Waals surface area (Å²) >= 11 is 2.07. The van der Waals surface area contributed by atoms with Crippen LogP contribution >= 0.6 is 0 Å². The van der Waals surface area contributed by atoms with Crippen molar-refractivity contribution in [2.45, 2.75) is 0 Å². The second kappa shape index (κ2) is 7.91. The van der Waals surface area contributed by atoms with Gasteiger partial charge in [-0.2, -0.15) is 0 Å². The molecule has 0 aromatic heterocycles. The predicted octanol–water partition coefficient (Wildman–Crippen LogP) is 0.0987. The van der Waals surface area contributed by atoms with Crippen LogP contribution in [0.1, 0.15) is 0 Å². The second-order valence-corrected chi connectivity index (χ2v) is 1.22. The van der Waals surface area contributed by atoms with E-state index in [4.69, 9.17) is 0 Å². The topological polar surface area (TPSA) is 28.0 Å². The van der Waals surface area contributed by atoms with Crippen molar-refractivity contribution in [3.05, 3.63) is 0 Å². The molecule has 0 aromatic rings. The summed E-state index contributed by atoms with van der Waals surface area (Å²) in [5, 5.41) is 1.49. The van der Waals surface area contributed by atoms with Crippen LogP contribution in [0.3, 0.4) is 0 Å². The van der Waals surface area contributed by atoms with Crippen LogP contribution in [0.4, 0.5) is 0 Å². The Morgan fingerprint density at radius 3 is 2.25 bits per heavy atom. The molecule has 0 amide bonds. The minimum atomic E-state index is 0. The molecule has 43 valence electrons. The maximum atomic E-state index is 3.64. The van der Waals surface area contributed by atoms with E-state index in [1.165, 1.54) is 5.01 Å². The zero-order chi connectivity index (χ0) is 5.70. The van der Waals surface area contributed by atoms with Gasteiger partial charge in [0.15, 0.2) is 0 Å². The van der Waals surface area contributed by atoms with E-state index < -0.39 is 0 Å². The van der Waals surface area contributed by atoms with Gasteiger partial charge in [-0.05, 0) is 0 Å². The van der Waals surface area contributed by atoms with E-state index >= 15 is 0 Å². The first kappa shape index (κ1) is 11.7. The molecule has 0 rings (SSSR count). The third-order valence-electron chi connectivity index (χ3n) is 0.379. The molecule has 0 aliphatic carbocycles. The van der Waals surface area contributed by atoms with Crippen molar-refractivity contribution in [2.75, 3.05) is 14.1 Å². The van der Waals surface area contributed by atoms with Gasteiger partial charge in [-0.3, -0.25) is 0 Å². The monoisotopic (exact) mass is 373 g/mol. The summed E-state index contributed by atoms with van der Waals surface area (Å²) in [6, 6.07) is 0. The Morgan fingerprint density at radius 2 is 2.12 bits per heavy atom. The average molecular weight is 373 g/mol. The van der Waals surface area contributed by atoms with Crippen LogP contribution in [0, 0.1) is 31.1 Å². The molecule has 8 heavy (non-hydrogen) atoms. The fourth-order valence-corrected chi connectivity index (χ4v) is 0.227. The van der Waals surface area contributed by atoms with Gasteiger partial charge in [0.1, 0.15) is 0 Å². The van der Waals surface area contributed by atoms with Gasteiger partial charge in [0, 0.05) is 31.1 Å². The predicted molar refractivity (Wildman–Crippen MR) is 23.5 cm³/mol. The first-order valence-corrected chi connectivity index (χ1v) is 2.37. The molecule has 0 radical (unpaired) electrons. The van der Waals surface area contributed by atoms with Crippen molar-refractivity contribution in [1.29, 1.82) is 0 Å². The van der Waals surface area contributed by atoms with E-state index in [9.17, 15) is 0 Å². The minimum absolute atomic E-state index is 0. The van der Waals surface area contributed by atoms with Gasteiger partial charge in [-0.1, -0.05) is 0 Å². The summed E-state index contributed by atoms with van der Waals surface area (Å²) < 4.78 is 3.64. The molecule has 0 aliphatic rings. The maximum Gasteiger partial charge on any atom is 0 e. The third-order valence-corrected chi connectivity index (χ3v) is 0.798. The Morgan fingerprint density at radius 1 is 1.62 bits per heavy atom. The minimum Gasteiger partial charge on any atom is 0 e. The molecule has 0 unspecified atom stereocenters. The van der Waals surface area contributed by atoms with Crippen molar-refractivity contribution in [3.8, 4) is 0 Å². The Hall–Kier alpha value is 0.906. The van der Waals surface area contributed by atoms with E-state index in [-0.39, 0.29) is 31.1 Å². The van der Waals surface area contributed by atoms with Crippen LogP contribution < -0.4 is 0 Å². The zero-order valence-corrected chi connectivity index (χ0v) is 10.3. The largest absolute Gasteiger partial charge is 0 e. The molecule has 0 heterocycles. The summed E-state index contributed by atoms with van der Waals surface area (Å²) in [6.45, 7) is 0. The number of nitrogens with zero attached hydrogens (tertiary/aromatic N) is 3. The van der Waals surface area contributed by atoms with E-state index in [2.05, 4.69) is 32.5 Å². The smallest absolute Gasteiger partial charge is 0 e. The van der Waals surface area contributed by atoms with Crippen LogP contribution in [-0.2, 0) is 17.2 Å². The molecular weight excluding hydrogens is 367 g/mol. The van der Waals surface area contributed by atoms with E-state index in [1.807, 2.05) is 0 Å². The number of rotatable bonds is 2. The molecule has 3 nitrogen and oxygen atoms in total. The summed E-state index contributed by atoms with van der Waals surface area (Å²) in [5.74, 6) is 0. The van der Waals surface area contributed by atoms with Crippen LogP contribution in [0.2, 0.25) is 0 Å². The van der Waals surface area contributed by atoms with E-state index in [1.54, 1.807) is 14.1 Å². The fourth-order valence-electron chi connectivity index (χ4n) is 0.165. The molecular formula is C3H6N3UV-. The third kappa shape index (κ3) is 6.91. The second-order valence-electron chi connectivity index (χ2n) is 0.937. The first-order chi connectivity index (χ1) is 3.31. The van der Waals surface area contributed by atoms with E-state index in [0.717, 1.165) is 0 Å². The first-order valence-electron chi connectivity index (χ1n) is 1.74. The summed E-state index contributed by atoms with van der Waals surface area (Å²) in [5.41, 5.74) is 0. The molecule has 0 atom stereocenters. The fraction of sp³-hybridized carbons (Fsp3) is 0.667. The van der Waals surface area contributed by atoms with Crippen LogP contribution in [0.25, 0.3) is 0 Å². The molecule has 0 bridgehead atoms. The quantitative estimate of drug-likeness (QED) is 0.222. The molecule has 0 N–H and O–H groups in total. The van der Waals surface area contributed by atoms with Crippen molar-refractivity contribution in [3.63, 3.8) is 0 Å². The standard InChI is InChI=1S/C3H6N3.U.V/c1-5-3-6(2)4;;/h1-2H3;;/q-1;;. The van der Waals surface area contributed by atoms with Gasteiger partial charge in [-0.25, -0.2) is 0 Å². The number of hydrogen-bond acceptors (Lipinski definition) is 2. The van der Waals surface area contributed by atoms with Crippen molar-refractivity contribution >= 4 is 6.34 Å². The summed E-state index contributed by atoms with van der Waals surface area (Å²) in [6.07, 6.45) is 2.57. The van der Waals surface area contributed by atoms with Crippen molar-refractivity contribution in [2.24, 2.45) is 8.89 Å². The van der Waals surface area contributed by atoms with Crippen LogP contribution in [-0.4, -0.2) is 25.4 Å². The van der Waals surface area contributed by atoms with Crippen molar-refractivity contribution < 1.29 is 48.3 Å². The molecule has 5 heteroatoms. The Balaban J connectivity index is 0. The SMILES string of the molecule is CN=[C-]N(C)[N]=[V].[U]. The maximum absolute atomic E-state index is 3.64. The van der Waals surface area contributed by atoms with Crippen LogP contribution in [0.5, 0.6) is 0 Å². The number of aliphatic imine (C=N–C) groups is 1. The Bertz CT molecular complexity index is 84.6. The number of hydrogen-bond donors (Lipinski definition) is 0. The average Bonchev–Trinajstić information content (AvgIpc) is 1.68. The van der Waals surface area contributed by atoms with E-state index in [0.29, 0.717) is 0 Å². The van der Waals surface area contributed by atoms with Gasteiger partial charge in [0.05, 0.1) is 0 Å². The van der Waals surface area contributed by atoms with Crippen molar-refractivity contribution in [1.82, 2.24) is 5.01 Å². The van der Waals surface area contributed by atoms with Crippen LogP contribution in [0.15, 0.2) is 8.89 Å². The Kier molecular flexibility index (Phi) is 11.5. The molecule has 0 aromatic carbocycles. The normalized spacial score (nSPS) is 8.12. The molecule has 0 saturated carbocycles. The summed E-state index contributed by atoms with van der Waals surface area (Å²) in [7, 11) is 3.40. The molecule has 0 aliphatic heterocycles. The van der Waals surface area contributed by atoms with Gasteiger partial charge in [0.25, 0.3) is 0 Å². The van der Waals surface area contributed by atoms with Gasteiger partial charge in [0.2, 0.25) is 0 Å². The Labute approximate surface area is 82.1 Å². The molecule has 0 fully saturated rings. The summed E-state index contributed by atoms with van der Waals surface area (Å²) in [4.78, 5) is 3.58. The zero-order valence-electron chi connectivity index (χ0n) is 4.79. The van der Waals surface area contributed by atoms with Gasteiger partial charge < -0.3 is 0 Å².